The molecule has 0 saturated carbocycles. The van der Waals surface area contributed by atoms with Crippen LogP contribution in [0.3, 0.4) is 0 Å². The van der Waals surface area contributed by atoms with Crippen LogP contribution in [0.15, 0.2) is 53.4 Å². The molecule has 2 aromatic carbocycles. The summed E-state index contributed by atoms with van der Waals surface area (Å²) in [5, 5.41) is 10.7. The summed E-state index contributed by atoms with van der Waals surface area (Å²) >= 11 is 0. The Morgan fingerprint density at radius 3 is 2.52 bits per heavy atom. The van der Waals surface area contributed by atoms with Crippen LogP contribution in [0.2, 0.25) is 0 Å². The minimum absolute atomic E-state index is 0.0207. The lowest BCUT2D eigenvalue weighted by Gasteiger charge is -2.34. The third-order valence-electron chi connectivity index (χ3n) is 4.96. The number of non-ortho nitro benzene ring substituents is 1. The second kappa shape index (κ2) is 6.14. The van der Waals surface area contributed by atoms with E-state index in [2.05, 4.69) is 0 Å². The van der Waals surface area contributed by atoms with Crippen LogP contribution in [0.25, 0.3) is 0 Å². The molecular weight excluding hydrogens is 372 g/mol. The van der Waals surface area contributed by atoms with E-state index in [1.165, 1.54) is 16.4 Å². The second-order valence-electron chi connectivity index (χ2n) is 6.72. The number of hydrogen-bond acceptors (Lipinski definition) is 6. The van der Waals surface area contributed by atoms with Crippen molar-refractivity contribution >= 4 is 21.5 Å². The standard InChI is InChI=1S/C18H16N2O6S/c21-16-11-18(26-17-4-2-1-3-15(16)17)9-10-19(12-18)27(24,25)14-7-5-13(6-8-14)20(22)23/h1-8H,9-12H2. The Hall–Kier alpha value is -2.78. The maximum atomic E-state index is 12.9. The van der Waals surface area contributed by atoms with Crippen molar-refractivity contribution in [1.82, 2.24) is 4.31 Å². The molecule has 2 heterocycles. The van der Waals surface area contributed by atoms with E-state index in [0.717, 1.165) is 12.1 Å². The van der Waals surface area contributed by atoms with Gasteiger partial charge in [0, 0.05) is 25.1 Å². The zero-order valence-corrected chi connectivity index (χ0v) is 15.0. The summed E-state index contributed by atoms with van der Waals surface area (Å²) in [4.78, 5) is 22.6. The molecule has 1 atom stereocenters. The third-order valence-corrected chi connectivity index (χ3v) is 6.82. The second-order valence-corrected chi connectivity index (χ2v) is 8.66. The summed E-state index contributed by atoms with van der Waals surface area (Å²) in [7, 11) is -3.83. The lowest BCUT2D eigenvalue weighted by atomic mass is 9.89. The number of ether oxygens (including phenoxy) is 1. The van der Waals surface area contributed by atoms with Gasteiger partial charge < -0.3 is 4.74 Å². The zero-order chi connectivity index (χ0) is 19.2. The topological polar surface area (TPSA) is 107 Å². The monoisotopic (exact) mass is 388 g/mol. The number of carbonyl (C=O) groups excluding carboxylic acids is 1. The Morgan fingerprint density at radius 2 is 1.81 bits per heavy atom. The molecule has 1 fully saturated rings. The molecule has 0 aromatic heterocycles. The van der Waals surface area contributed by atoms with Gasteiger partial charge in [-0.05, 0) is 24.3 Å². The number of hydrogen-bond donors (Lipinski definition) is 0. The van der Waals surface area contributed by atoms with Crippen molar-refractivity contribution in [3.8, 4) is 5.75 Å². The lowest BCUT2D eigenvalue weighted by molar-refractivity contribution is -0.384. The highest BCUT2D eigenvalue weighted by Gasteiger charge is 2.48. The third kappa shape index (κ3) is 2.98. The predicted molar refractivity (Wildman–Crippen MR) is 95.2 cm³/mol. The van der Waals surface area contributed by atoms with Crippen LogP contribution in [-0.2, 0) is 10.0 Å². The predicted octanol–water partition coefficient (Wildman–Crippen LogP) is 2.39. The van der Waals surface area contributed by atoms with Gasteiger partial charge in [0.05, 0.1) is 28.3 Å². The Morgan fingerprint density at radius 1 is 1.11 bits per heavy atom. The molecular formula is C18H16N2O6S. The Labute approximate surface area is 155 Å². The summed E-state index contributed by atoms with van der Waals surface area (Å²) < 4.78 is 33.1. The lowest BCUT2D eigenvalue weighted by Crippen LogP contribution is -2.45. The molecule has 2 aromatic rings. The van der Waals surface area contributed by atoms with E-state index in [0.29, 0.717) is 17.7 Å². The largest absolute Gasteiger partial charge is 0.485 e. The fraction of sp³-hybridized carbons (Fsp3) is 0.278. The molecule has 2 aliphatic rings. The average molecular weight is 388 g/mol. The van der Waals surface area contributed by atoms with Gasteiger partial charge in [-0.2, -0.15) is 4.31 Å². The molecule has 0 bridgehead atoms. The highest BCUT2D eigenvalue weighted by Crippen LogP contribution is 2.40. The molecule has 0 amide bonds. The van der Waals surface area contributed by atoms with E-state index in [-0.39, 0.29) is 35.9 Å². The molecule has 1 spiro atoms. The van der Waals surface area contributed by atoms with Gasteiger partial charge in [-0.25, -0.2) is 8.42 Å². The Kier molecular flexibility index (Phi) is 4.01. The van der Waals surface area contributed by atoms with Gasteiger partial charge in [-0.15, -0.1) is 0 Å². The molecule has 9 heteroatoms. The van der Waals surface area contributed by atoms with Gasteiger partial charge >= 0.3 is 0 Å². The first-order valence-electron chi connectivity index (χ1n) is 8.37. The normalized spacial score (nSPS) is 22.4. The van der Waals surface area contributed by atoms with Crippen molar-refractivity contribution in [2.75, 3.05) is 13.1 Å². The molecule has 140 valence electrons. The fourth-order valence-corrected chi connectivity index (χ4v) is 5.09. The van der Waals surface area contributed by atoms with Crippen molar-refractivity contribution in [3.63, 3.8) is 0 Å². The van der Waals surface area contributed by atoms with Crippen LogP contribution in [0.1, 0.15) is 23.2 Å². The molecule has 27 heavy (non-hydrogen) atoms. The van der Waals surface area contributed by atoms with Crippen molar-refractivity contribution < 1.29 is 22.9 Å². The molecule has 1 saturated heterocycles. The molecule has 1 unspecified atom stereocenters. The summed E-state index contributed by atoms with van der Waals surface area (Å²) in [5.74, 6) is 0.412. The molecule has 0 N–H and O–H groups in total. The highest BCUT2D eigenvalue weighted by atomic mass is 32.2. The van der Waals surface area contributed by atoms with Gasteiger partial charge in [-0.1, -0.05) is 12.1 Å². The summed E-state index contributed by atoms with van der Waals surface area (Å²) in [5.41, 5.74) is -0.538. The van der Waals surface area contributed by atoms with E-state index in [4.69, 9.17) is 4.74 Å². The van der Waals surface area contributed by atoms with E-state index in [9.17, 15) is 23.3 Å². The number of nitrogens with zero attached hydrogens (tertiary/aromatic N) is 2. The average Bonchev–Trinajstić information content (AvgIpc) is 3.05. The van der Waals surface area contributed by atoms with Gasteiger partial charge in [0.2, 0.25) is 10.0 Å². The first kappa shape index (κ1) is 17.6. The Bertz CT molecular complexity index is 1030. The van der Waals surface area contributed by atoms with Crippen molar-refractivity contribution in [3.05, 3.63) is 64.2 Å². The summed E-state index contributed by atoms with van der Waals surface area (Å²) in [6.45, 7) is 0.279. The number of Topliss-reactive ketones (excluding diaryl/α,β-unsaturated/α-hetero) is 1. The summed E-state index contributed by atoms with van der Waals surface area (Å²) in [6, 6.07) is 11.7. The fourth-order valence-electron chi connectivity index (χ4n) is 3.57. The number of para-hydroxylation sites is 1. The summed E-state index contributed by atoms with van der Waals surface area (Å²) in [6.07, 6.45) is 0.523. The maximum absolute atomic E-state index is 12.9. The van der Waals surface area contributed by atoms with Gasteiger partial charge in [0.15, 0.2) is 5.78 Å². The van der Waals surface area contributed by atoms with Crippen molar-refractivity contribution in [2.45, 2.75) is 23.3 Å². The van der Waals surface area contributed by atoms with Crippen LogP contribution >= 0.6 is 0 Å². The first-order chi connectivity index (χ1) is 12.8. The van der Waals surface area contributed by atoms with Crippen LogP contribution < -0.4 is 4.74 Å². The highest BCUT2D eigenvalue weighted by molar-refractivity contribution is 7.89. The smallest absolute Gasteiger partial charge is 0.269 e. The number of benzene rings is 2. The number of rotatable bonds is 3. The Balaban J connectivity index is 1.59. The van der Waals surface area contributed by atoms with E-state index >= 15 is 0 Å². The number of carbonyl (C=O) groups is 1. The zero-order valence-electron chi connectivity index (χ0n) is 14.2. The number of ketones is 1. The minimum Gasteiger partial charge on any atom is -0.485 e. The number of sulfonamides is 1. The van der Waals surface area contributed by atoms with Crippen LogP contribution in [0.5, 0.6) is 5.75 Å². The van der Waals surface area contributed by atoms with E-state index in [1.54, 1.807) is 24.3 Å². The van der Waals surface area contributed by atoms with Crippen molar-refractivity contribution in [2.24, 2.45) is 0 Å². The van der Waals surface area contributed by atoms with Gasteiger partial charge in [0.1, 0.15) is 11.4 Å². The number of fused-ring (bicyclic) bond motifs is 1. The van der Waals surface area contributed by atoms with Crippen LogP contribution in [-0.4, -0.2) is 42.1 Å². The van der Waals surface area contributed by atoms with Crippen molar-refractivity contribution in [1.29, 1.82) is 0 Å². The molecule has 0 aliphatic carbocycles. The minimum atomic E-state index is -3.83. The quantitative estimate of drug-likeness (QED) is 0.590. The number of nitro groups is 1. The van der Waals surface area contributed by atoms with E-state index in [1.807, 2.05) is 0 Å². The molecule has 2 aliphatic heterocycles. The number of nitro benzene ring substituents is 1. The molecule has 0 radical (unpaired) electrons. The van der Waals surface area contributed by atoms with Gasteiger partial charge in [-0.3, -0.25) is 14.9 Å². The maximum Gasteiger partial charge on any atom is 0.269 e. The SMILES string of the molecule is O=C1CC2(CCN(S(=O)(=O)c3ccc([N+](=O)[O-])cc3)C2)Oc2ccccc21. The van der Waals surface area contributed by atoms with Gasteiger partial charge in [0.25, 0.3) is 5.69 Å². The molecule has 8 nitrogen and oxygen atoms in total. The van der Waals surface area contributed by atoms with E-state index < -0.39 is 20.5 Å². The molecule has 4 rings (SSSR count). The van der Waals surface area contributed by atoms with Crippen LogP contribution in [0.4, 0.5) is 5.69 Å². The first-order valence-corrected chi connectivity index (χ1v) is 9.81. The van der Waals surface area contributed by atoms with Crippen LogP contribution in [0, 0.1) is 10.1 Å².